The molecular formula is C15H17N5O2S. The molecule has 0 saturated heterocycles. The Morgan fingerprint density at radius 1 is 1.43 bits per heavy atom. The number of carbonyl (C=O) groups excluding carboxylic acids is 1. The van der Waals surface area contributed by atoms with Crippen LogP contribution in [0.4, 0.5) is 9.93 Å². The normalized spacial score (nSPS) is 20.6. The number of aromatic nitrogens is 3. The number of nitrogens with one attached hydrogen (secondary N) is 1. The van der Waals surface area contributed by atoms with Crippen molar-refractivity contribution in [3.63, 3.8) is 0 Å². The number of ether oxygens (including phenoxy) is 1. The van der Waals surface area contributed by atoms with Gasteiger partial charge in [0, 0.05) is 11.8 Å². The van der Waals surface area contributed by atoms with Crippen molar-refractivity contribution in [3.05, 3.63) is 11.9 Å². The van der Waals surface area contributed by atoms with Gasteiger partial charge >= 0.3 is 6.09 Å². The summed E-state index contributed by atoms with van der Waals surface area (Å²) in [5, 5.41) is 11.9. The highest BCUT2D eigenvalue weighted by molar-refractivity contribution is 7.21. The third kappa shape index (κ3) is 3.56. The highest BCUT2D eigenvalue weighted by Crippen LogP contribution is 2.40. The predicted molar refractivity (Wildman–Crippen MR) is 86.1 cm³/mol. The highest BCUT2D eigenvalue weighted by Gasteiger charge is 2.31. The molecule has 23 heavy (non-hydrogen) atoms. The molecule has 1 aliphatic rings. The van der Waals surface area contributed by atoms with E-state index in [-0.39, 0.29) is 5.92 Å². The van der Waals surface area contributed by atoms with Gasteiger partial charge in [-0.2, -0.15) is 10.2 Å². The van der Waals surface area contributed by atoms with Crippen molar-refractivity contribution in [2.45, 2.75) is 45.1 Å². The van der Waals surface area contributed by atoms with E-state index in [9.17, 15) is 4.79 Å². The van der Waals surface area contributed by atoms with E-state index in [4.69, 9.17) is 10.00 Å². The first-order chi connectivity index (χ1) is 10.8. The molecule has 2 heterocycles. The first kappa shape index (κ1) is 15.6. The highest BCUT2D eigenvalue weighted by atomic mass is 32.1. The zero-order valence-electron chi connectivity index (χ0n) is 13.2. The van der Waals surface area contributed by atoms with Crippen molar-refractivity contribution in [1.29, 1.82) is 5.26 Å². The first-order valence-corrected chi connectivity index (χ1v) is 8.19. The Morgan fingerprint density at radius 2 is 2.17 bits per heavy atom. The molecule has 8 heteroatoms. The lowest BCUT2D eigenvalue weighted by Crippen LogP contribution is -2.27. The Balaban J connectivity index is 1.72. The Bertz CT molecular complexity index is 783. The molecule has 0 atom stereocenters. The van der Waals surface area contributed by atoms with E-state index < -0.39 is 11.7 Å². The molecular weight excluding hydrogens is 314 g/mol. The van der Waals surface area contributed by atoms with E-state index in [0.29, 0.717) is 21.5 Å². The molecule has 0 radical (unpaired) electrons. The monoisotopic (exact) mass is 331 g/mol. The minimum absolute atomic E-state index is 0.128. The van der Waals surface area contributed by atoms with Gasteiger partial charge in [0.25, 0.3) is 0 Å². The zero-order valence-corrected chi connectivity index (χ0v) is 14.0. The van der Waals surface area contributed by atoms with Gasteiger partial charge in [0.2, 0.25) is 0 Å². The molecule has 1 N–H and O–H groups in total. The summed E-state index contributed by atoms with van der Waals surface area (Å²) in [4.78, 5) is 25.5. The lowest BCUT2D eigenvalue weighted by atomic mass is 9.74. The van der Waals surface area contributed by atoms with Gasteiger partial charge in [-0.3, -0.25) is 5.32 Å². The van der Waals surface area contributed by atoms with Crippen LogP contribution in [0.3, 0.4) is 0 Å². The van der Waals surface area contributed by atoms with Crippen molar-refractivity contribution in [1.82, 2.24) is 15.0 Å². The third-order valence-electron chi connectivity index (χ3n) is 3.49. The fraction of sp³-hybridized carbons (Fsp3) is 0.533. The molecule has 0 bridgehead atoms. The standard InChI is InChI=1S/C15H17N5O2S/c1-15(2,3)22-14(21)20-13-19-11-12(23-13)18-10(7-17-11)9-4-8(5-9)6-16/h7-9H,4-5H2,1-3H3,(H,17,19,20,21)/t8-,9-. The average molecular weight is 331 g/mol. The molecule has 2 aromatic rings. The van der Waals surface area contributed by atoms with Gasteiger partial charge in [0.15, 0.2) is 15.6 Å². The van der Waals surface area contributed by atoms with Gasteiger partial charge in [-0.1, -0.05) is 11.3 Å². The SMILES string of the molecule is CC(C)(C)OC(=O)Nc1nc2ncc([C@H]3C[C@H](C#N)C3)nc2s1. The summed E-state index contributed by atoms with van der Waals surface area (Å²) in [6.07, 6.45) is 2.82. The predicted octanol–water partition coefficient (Wildman–Crippen LogP) is 3.45. The molecule has 1 aliphatic carbocycles. The van der Waals surface area contributed by atoms with Gasteiger partial charge in [-0.15, -0.1) is 0 Å². The first-order valence-electron chi connectivity index (χ1n) is 7.37. The lowest BCUT2D eigenvalue weighted by Gasteiger charge is -2.29. The quantitative estimate of drug-likeness (QED) is 0.904. The second-order valence-electron chi connectivity index (χ2n) is 6.56. The Kier molecular flexibility index (Phi) is 3.90. The average Bonchev–Trinajstić information content (AvgIpc) is 2.76. The second-order valence-corrected chi connectivity index (χ2v) is 7.54. The topological polar surface area (TPSA) is 101 Å². The van der Waals surface area contributed by atoms with Crippen LogP contribution in [0.2, 0.25) is 0 Å². The van der Waals surface area contributed by atoms with E-state index in [2.05, 4.69) is 26.3 Å². The van der Waals surface area contributed by atoms with E-state index in [1.165, 1.54) is 11.3 Å². The van der Waals surface area contributed by atoms with Crippen molar-refractivity contribution in [2.75, 3.05) is 5.32 Å². The van der Waals surface area contributed by atoms with Crippen molar-refractivity contribution in [2.24, 2.45) is 5.92 Å². The van der Waals surface area contributed by atoms with Gasteiger partial charge in [0.05, 0.1) is 18.0 Å². The molecule has 1 amide bonds. The maximum absolute atomic E-state index is 11.8. The Labute approximate surface area is 137 Å². The van der Waals surface area contributed by atoms with Gasteiger partial charge in [0.1, 0.15) is 5.60 Å². The van der Waals surface area contributed by atoms with Crippen LogP contribution in [-0.2, 0) is 4.74 Å². The van der Waals surface area contributed by atoms with E-state index >= 15 is 0 Å². The van der Waals surface area contributed by atoms with Crippen LogP contribution >= 0.6 is 11.3 Å². The number of carbonyl (C=O) groups is 1. The molecule has 0 spiro atoms. The Hall–Kier alpha value is -2.27. The number of amides is 1. The van der Waals surface area contributed by atoms with E-state index in [0.717, 1.165) is 18.5 Å². The van der Waals surface area contributed by atoms with Crippen LogP contribution < -0.4 is 5.32 Å². The Morgan fingerprint density at radius 3 is 2.83 bits per heavy atom. The summed E-state index contributed by atoms with van der Waals surface area (Å²) in [7, 11) is 0. The molecule has 1 saturated carbocycles. The van der Waals surface area contributed by atoms with Gasteiger partial charge in [-0.25, -0.2) is 14.8 Å². The van der Waals surface area contributed by atoms with Gasteiger partial charge in [-0.05, 0) is 33.6 Å². The van der Waals surface area contributed by atoms with Crippen molar-refractivity contribution >= 4 is 33.0 Å². The third-order valence-corrected chi connectivity index (χ3v) is 4.34. The number of hydrogen-bond donors (Lipinski definition) is 1. The van der Waals surface area contributed by atoms with Crippen LogP contribution in [0, 0.1) is 17.2 Å². The zero-order chi connectivity index (χ0) is 16.6. The van der Waals surface area contributed by atoms with Crippen LogP contribution in [0.1, 0.15) is 45.2 Å². The number of hydrogen-bond acceptors (Lipinski definition) is 7. The molecule has 0 aromatic carbocycles. The largest absolute Gasteiger partial charge is 0.444 e. The summed E-state index contributed by atoms with van der Waals surface area (Å²) in [5.74, 6) is 0.421. The molecule has 1 fully saturated rings. The van der Waals surface area contributed by atoms with Crippen LogP contribution in [0.15, 0.2) is 6.20 Å². The molecule has 0 unspecified atom stereocenters. The molecule has 7 nitrogen and oxygen atoms in total. The van der Waals surface area contributed by atoms with Crippen LogP contribution in [0.5, 0.6) is 0 Å². The molecule has 3 rings (SSSR count). The number of fused-ring (bicyclic) bond motifs is 1. The van der Waals surface area contributed by atoms with Crippen LogP contribution in [-0.4, -0.2) is 26.6 Å². The van der Waals surface area contributed by atoms with Gasteiger partial charge < -0.3 is 4.74 Å². The molecule has 2 aromatic heterocycles. The summed E-state index contributed by atoms with van der Waals surface area (Å²) in [6, 6.07) is 2.26. The summed E-state index contributed by atoms with van der Waals surface area (Å²) < 4.78 is 5.20. The summed E-state index contributed by atoms with van der Waals surface area (Å²) in [5.41, 5.74) is 0.823. The maximum atomic E-state index is 11.8. The maximum Gasteiger partial charge on any atom is 0.413 e. The fourth-order valence-electron chi connectivity index (χ4n) is 2.34. The molecule has 0 aliphatic heterocycles. The number of rotatable bonds is 2. The number of nitriles is 1. The van der Waals surface area contributed by atoms with E-state index in [1.54, 1.807) is 27.0 Å². The summed E-state index contributed by atoms with van der Waals surface area (Å²) >= 11 is 1.26. The lowest BCUT2D eigenvalue weighted by molar-refractivity contribution is 0.0636. The van der Waals surface area contributed by atoms with Crippen molar-refractivity contribution in [3.8, 4) is 6.07 Å². The number of nitrogens with zero attached hydrogens (tertiary/aromatic N) is 4. The minimum Gasteiger partial charge on any atom is -0.444 e. The van der Waals surface area contributed by atoms with Crippen molar-refractivity contribution < 1.29 is 9.53 Å². The minimum atomic E-state index is -0.564. The fourth-order valence-corrected chi connectivity index (χ4v) is 3.13. The second kappa shape index (κ2) is 5.74. The molecule has 120 valence electrons. The number of thiazole rings is 1. The summed E-state index contributed by atoms with van der Waals surface area (Å²) in [6.45, 7) is 5.40. The number of anilines is 1. The smallest absolute Gasteiger partial charge is 0.413 e. The van der Waals surface area contributed by atoms with E-state index in [1.807, 2.05) is 0 Å². The van der Waals surface area contributed by atoms with Crippen LogP contribution in [0.25, 0.3) is 10.5 Å².